The van der Waals surface area contributed by atoms with E-state index < -0.39 is 0 Å². The van der Waals surface area contributed by atoms with Gasteiger partial charge in [0.05, 0.1) is 6.54 Å². The number of rotatable bonds is 4. The molecule has 0 amide bonds. The lowest BCUT2D eigenvalue weighted by atomic mass is 9.82. The molecule has 0 bridgehead atoms. The van der Waals surface area contributed by atoms with Gasteiger partial charge in [0.2, 0.25) is 5.88 Å². The molecule has 23 heavy (non-hydrogen) atoms. The van der Waals surface area contributed by atoms with Gasteiger partial charge < -0.3 is 4.74 Å². The predicted molar refractivity (Wildman–Crippen MR) is 91.5 cm³/mol. The monoisotopic (exact) mass is 372 g/mol. The van der Waals surface area contributed by atoms with E-state index in [1.165, 1.54) is 12.0 Å². The fourth-order valence-corrected chi connectivity index (χ4v) is 3.35. The van der Waals surface area contributed by atoms with Crippen molar-refractivity contribution < 1.29 is 4.74 Å². The molecular formula is C17H17BrN4O. The number of halogens is 1. The zero-order chi connectivity index (χ0) is 15.9. The smallest absolute Gasteiger partial charge is 0.246 e. The summed E-state index contributed by atoms with van der Waals surface area (Å²) in [6, 6.07) is 10.3. The van der Waals surface area contributed by atoms with Crippen LogP contribution in [0.25, 0.3) is 11.2 Å². The molecule has 0 spiro atoms. The van der Waals surface area contributed by atoms with Gasteiger partial charge in [-0.1, -0.05) is 30.3 Å². The maximum atomic E-state index is 6.12. The molecule has 0 aliphatic heterocycles. The molecule has 3 aromatic rings. The zero-order valence-electron chi connectivity index (χ0n) is 12.9. The molecule has 0 unspecified atom stereocenters. The van der Waals surface area contributed by atoms with E-state index in [0.717, 1.165) is 23.2 Å². The number of imidazole rings is 1. The van der Waals surface area contributed by atoms with Crippen molar-refractivity contribution in [1.82, 2.24) is 19.5 Å². The van der Waals surface area contributed by atoms with Gasteiger partial charge in [-0.2, -0.15) is 4.98 Å². The van der Waals surface area contributed by atoms with E-state index >= 15 is 0 Å². The molecule has 118 valence electrons. The SMILES string of the molecule is CC1(Oc2ncnc3c2nc(Br)n3Cc2ccccc2)CCC1. The topological polar surface area (TPSA) is 52.8 Å². The highest BCUT2D eigenvalue weighted by Gasteiger charge is 2.35. The van der Waals surface area contributed by atoms with Crippen LogP contribution in [0.5, 0.6) is 5.88 Å². The van der Waals surface area contributed by atoms with E-state index in [0.29, 0.717) is 17.9 Å². The van der Waals surface area contributed by atoms with Gasteiger partial charge in [-0.25, -0.2) is 9.97 Å². The van der Waals surface area contributed by atoms with Gasteiger partial charge in [0.25, 0.3) is 0 Å². The lowest BCUT2D eigenvalue weighted by Gasteiger charge is -2.37. The van der Waals surface area contributed by atoms with Gasteiger partial charge in [-0.3, -0.25) is 4.57 Å². The van der Waals surface area contributed by atoms with Gasteiger partial charge in [-0.15, -0.1) is 0 Å². The Kier molecular flexibility index (Phi) is 3.56. The van der Waals surface area contributed by atoms with Crippen LogP contribution in [0.3, 0.4) is 0 Å². The van der Waals surface area contributed by atoms with Crippen molar-refractivity contribution in [3.05, 3.63) is 47.0 Å². The Morgan fingerprint density at radius 2 is 2.00 bits per heavy atom. The molecule has 4 rings (SSSR count). The summed E-state index contributed by atoms with van der Waals surface area (Å²) in [7, 11) is 0. The predicted octanol–water partition coefficient (Wildman–Crippen LogP) is 3.96. The second-order valence-electron chi connectivity index (χ2n) is 6.21. The van der Waals surface area contributed by atoms with Crippen LogP contribution < -0.4 is 4.74 Å². The first kappa shape index (κ1) is 14.6. The summed E-state index contributed by atoms with van der Waals surface area (Å²) < 4.78 is 8.89. The summed E-state index contributed by atoms with van der Waals surface area (Å²) in [4.78, 5) is 13.3. The van der Waals surface area contributed by atoms with Gasteiger partial charge >= 0.3 is 0 Å². The van der Waals surface area contributed by atoms with Crippen molar-refractivity contribution >= 4 is 27.1 Å². The Hall–Kier alpha value is -1.95. The average Bonchev–Trinajstić information content (AvgIpc) is 2.84. The van der Waals surface area contributed by atoms with Crippen molar-refractivity contribution in [3.8, 4) is 5.88 Å². The zero-order valence-corrected chi connectivity index (χ0v) is 14.5. The molecule has 0 saturated heterocycles. The summed E-state index contributed by atoms with van der Waals surface area (Å²) in [6.07, 6.45) is 4.88. The molecule has 1 fully saturated rings. The quantitative estimate of drug-likeness (QED) is 0.650. The molecule has 6 heteroatoms. The minimum Gasteiger partial charge on any atom is -0.470 e. The molecule has 2 aromatic heterocycles. The number of hydrogen-bond donors (Lipinski definition) is 0. The van der Waals surface area contributed by atoms with Gasteiger partial charge in [0, 0.05) is 0 Å². The third kappa shape index (κ3) is 2.72. The van der Waals surface area contributed by atoms with Crippen molar-refractivity contribution in [1.29, 1.82) is 0 Å². The van der Waals surface area contributed by atoms with Crippen LogP contribution in [-0.2, 0) is 6.54 Å². The van der Waals surface area contributed by atoms with Gasteiger partial charge in [-0.05, 0) is 47.7 Å². The molecule has 1 aromatic carbocycles. The van der Waals surface area contributed by atoms with E-state index in [1.54, 1.807) is 6.33 Å². The second-order valence-corrected chi connectivity index (χ2v) is 6.92. The molecule has 2 heterocycles. The fourth-order valence-electron chi connectivity index (χ4n) is 2.88. The van der Waals surface area contributed by atoms with Gasteiger partial charge in [0.1, 0.15) is 11.9 Å². The number of aromatic nitrogens is 4. The highest BCUT2D eigenvalue weighted by molar-refractivity contribution is 9.10. The van der Waals surface area contributed by atoms with Crippen LogP contribution in [0.2, 0.25) is 0 Å². The number of benzene rings is 1. The highest BCUT2D eigenvalue weighted by Crippen LogP contribution is 2.37. The first-order chi connectivity index (χ1) is 11.1. The first-order valence-electron chi connectivity index (χ1n) is 7.74. The lowest BCUT2D eigenvalue weighted by molar-refractivity contribution is 0.00848. The van der Waals surface area contributed by atoms with Crippen LogP contribution in [0.1, 0.15) is 31.7 Å². The minimum atomic E-state index is -0.114. The molecule has 0 N–H and O–H groups in total. The van der Waals surface area contributed by atoms with Crippen molar-refractivity contribution in [2.24, 2.45) is 0 Å². The number of fused-ring (bicyclic) bond motifs is 1. The standard InChI is InChI=1S/C17H17BrN4O/c1-17(8-5-9-17)23-15-13-14(19-11-20-15)22(16(18)21-13)10-12-6-3-2-4-7-12/h2-4,6-7,11H,5,8-10H2,1H3. The van der Waals surface area contributed by atoms with Crippen molar-refractivity contribution in [3.63, 3.8) is 0 Å². The van der Waals surface area contributed by atoms with Crippen LogP contribution in [-0.4, -0.2) is 25.1 Å². The normalized spacial score (nSPS) is 16.3. The van der Waals surface area contributed by atoms with Crippen LogP contribution in [0.15, 0.2) is 41.4 Å². The third-order valence-electron chi connectivity index (χ3n) is 4.39. The summed E-state index contributed by atoms with van der Waals surface area (Å²) in [6.45, 7) is 2.83. The maximum Gasteiger partial charge on any atom is 0.246 e. The molecule has 1 saturated carbocycles. The largest absolute Gasteiger partial charge is 0.470 e. The Morgan fingerprint density at radius 3 is 2.70 bits per heavy atom. The summed E-state index contributed by atoms with van der Waals surface area (Å²) >= 11 is 3.54. The molecular weight excluding hydrogens is 356 g/mol. The Labute approximate surface area is 142 Å². The van der Waals surface area contributed by atoms with Crippen LogP contribution in [0, 0.1) is 0 Å². The summed E-state index contributed by atoms with van der Waals surface area (Å²) in [5.41, 5.74) is 2.58. The van der Waals surface area contributed by atoms with Crippen molar-refractivity contribution in [2.75, 3.05) is 0 Å². The van der Waals surface area contributed by atoms with E-state index in [1.807, 2.05) is 22.8 Å². The van der Waals surface area contributed by atoms with E-state index in [9.17, 15) is 0 Å². The highest BCUT2D eigenvalue weighted by atomic mass is 79.9. The minimum absolute atomic E-state index is 0.114. The lowest BCUT2D eigenvalue weighted by Crippen LogP contribution is -2.39. The van der Waals surface area contributed by atoms with Crippen molar-refractivity contribution in [2.45, 2.75) is 38.3 Å². The molecule has 5 nitrogen and oxygen atoms in total. The van der Waals surface area contributed by atoms with E-state index in [4.69, 9.17) is 4.74 Å². The number of ether oxygens (including phenoxy) is 1. The molecule has 0 radical (unpaired) electrons. The number of nitrogens with zero attached hydrogens (tertiary/aromatic N) is 4. The number of hydrogen-bond acceptors (Lipinski definition) is 4. The summed E-state index contributed by atoms with van der Waals surface area (Å²) in [5.74, 6) is 0.574. The van der Waals surface area contributed by atoms with Gasteiger partial charge in [0.15, 0.2) is 15.9 Å². The Bertz CT molecular complexity index is 842. The average molecular weight is 373 g/mol. The first-order valence-corrected chi connectivity index (χ1v) is 8.54. The Morgan fingerprint density at radius 1 is 1.22 bits per heavy atom. The van der Waals surface area contributed by atoms with Crippen LogP contribution in [0.4, 0.5) is 0 Å². The molecule has 1 aliphatic rings. The van der Waals surface area contributed by atoms with E-state index in [-0.39, 0.29) is 5.60 Å². The van der Waals surface area contributed by atoms with E-state index in [2.05, 4.69) is 49.9 Å². The molecule has 1 aliphatic carbocycles. The Balaban J connectivity index is 1.73. The second kappa shape index (κ2) is 5.60. The third-order valence-corrected chi connectivity index (χ3v) is 5.00. The fraction of sp³-hybridized carbons (Fsp3) is 0.353. The molecule has 0 atom stereocenters. The van der Waals surface area contributed by atoms with Crippen LogP contribution >= 0.6 is 15.9 Å². The maximum absolute atomic E-state index is 6.12. The summed E-state index contributed by atoms with van der Waals surface area (Å²) in [5, 5.41) is 0.